The van der Waals surface area contributed by atoms with Crippen LogP contribution in [0, 0.1) is 29.6 Å². The molecule has 1 aliphatic carbocycles. The summed E-state index contributed by atoms with van der Waals surface area (Å²) in [5.74, 6) is 0.515. The molecule has 6 rings (SSSR count). The zero-order valence-corrected chi connectivity index (χ0v) is 32.9. The number of benzene rings is 3. The summed E-state index contributed by atoms with van der Waals surface area (Å²) in [7, 11) is 4.47. The van der Waals surface area contributed by atoms with Crippen molar-refractivity contribution in [2.75, 3.05) is 32.8 Å². The Morgan fingerprint density at radius 2 is 1.60 bits per heavy atom. The van der Waals surface area contributed by atoms with Gasteiger partial charge in [0, 0.05) is 5.56 Å². The van der Waals surface area contributed by atoms with Gasteiger partial charge in [0.1, 0.15) is 6.61 Å². The van der Waals surface area contributed by atoms with E-state index in [9.17, 15) is 20.1 Å². The molecule has 3 unspecified atom stereocenters. The number of carbonyl (C=O) groups is 1. The number of hydrogen-bond donors (Lipinski definition) is 3. The minimum absolute atomic E-state index is 0.104. The number of cyclic esters (lactones) is 1. The number of methoxy groups -OCH3 is 3. The number of phenolic OH excluding ortho intramolecular Hbond substituents is 2. The van der Waals surface area contributed by atoms with Crippen LogP contribution in [-0.4, -0.2) is 66.5 Å². The fourth-order valence-electron chi connectivity index (χ4n) is 8.15. The summed E-state index contributed by atoms with van der Waals surface area (Å²) in [5.41, 5.74) is 1.92. The Bertz CT molecular complexity index is 1690. The largest absolute Gasteiger partial charge is 0.504 e. The van der Waals surface area contributed by atoms with Crippen molar-refractivity contribution in [2.24, 2.45) is 29.6 Å². The van der Waals surface area contributed by atoms with E-state index >= 15 is 0 Å². The van der Waals surface area contributed by atoms with Crippen LogP contribution in [0.2, 0.25) is 0 Å². The van der Waals surface area contributed by atoms with Gasteiger partial charge in [-0.3, -0.25) is 4.79 Å². The molecule has 3 N–H and O–H groups in total. The van der Waals surface area contributed by atoms with Crippen molar-refractivity contribution in [3.63, 3.8) is 0 Å². The van der Waals surface area contributed by atoms with E-state index in [1.54, 1.807) is 41.7 Å². The second kappa shape index (κ2) is 16.9. The summed E-state index contributed by atoms with van der Waals surface area (Å²) in [5, 5.41) is 34.1. The van der Waals surface area contributed by atoms with Crippen molar-refractivity contribution in [1.29, 1.82) is 0 Å². The van der Waals surface area contributed by atoms with E-state index in [1.165, 1.54) is 27.4 Å². The summed E-state index contributed by atoms with van der Waals surface area (Å²) >= 11 is 3.23. The molecular weight excluding hydrogens is 717 g/mol. The summed E-state index contributed by atoms with van der Waals surface area (Å²) in [6.07, 6.45) is 1.29. The monoisotopic (exact) mass is 768 g/mol. The smallest absolute Gasteiger partial charge is 0.314 e. The van der Waals surface area contributed by atoms with Crippen LogP contribution < -0.4 is 18.9 Å². The van der Waals surface area contributed by atoms with Crippen molar-refractivity contribution in [3.05, 3.63) is 71.3 Å². The third kappa shape index (κ3) is 7.88. The van der Waals surface area contributed by atoms with Crippen LogP contribution in [-0.2, 0) is 25.0 Å². The predicted octanol–water partition coefficient (Wildman–Crippen LogP) is 8.05. The lowest BCUT2D eigenvalue weighted by Crippen LogP contribution is -2.46. The van der Waals surface area contributed by atoms with Crippen LogP contribution in [0.1, 0.15) is 69.2 Å². The zero-order valence-electron chi connectivity index (χ0n) is 31.3. The highest BCUT2D eigenvalue weighted by Crippen LogP contribution is 2.65. The number of esters is 1. The number of thioether (sulfide) groups is 2. The van der Waals surface area contributed by atoms with Crippen molar-refractivity contribution in [3.8, 4) is 34.5 Å². The number of carbonyl (C=O) groups excluding carboxylic acids is 1. The number of hydrogen-bond acceptors (Lipinski definition) is 12. The van der Waals surface area contributed by atoms with Gasteiger partial charge in [0.05, 0.1) is 49.5 Å². The van der Waals surface area contributed by atoms with E-state index < -0.39 is 40.0 Å². The Balaban J connectivity index is 1.46. The summed E-state index contributed by atoms with van der Waals surface area (Å²) in [4.78, 5) is 14.4. The summed E-state index contributed by atoms with van der Waals surface area (Å²) in [6, 6.07) is 16.2. The Morgan fingerprint density at radius 1 is 0.925 bits per heavy atom. The number of aliphatic hydroxyl groups is 1. The average molecular weight is 769 g/mol. The molecule has 0 aromatic heterocycles. The lowest BCUT2D eigenvalue weighted by Gasteiger charge is -2.46. The maximum absolute atomic E-state index is 14.4. The third-order valence-electron chi connectivity index (χ3n) is 10.9. The Kier molecular flexibility index (Phi) is 12.5. The first-order valence-corrected chi connectivity index (χ1v) is 20.3. The number of rotatable bonds is 13. The van der Waals surface area contributed by atoms with Gasteiger partial charge in [-0.2, -0.15) is 0 Å². The maximum atomic E-state index is 14.4. The quantitative estimate of drug-likeness (QED) is 0.115. The highest BCUT2D eigenvalue weighted by molar-refractivity contribution is 8.18. The van der Waals surface area contributed by atoms with E-state index in [4.69, 9.17) is 28.4 Å². The van der Waals surface area contributed by atoms with Gasteiger partial charge < -0.3 is 43.7 Å². The van der Waals surface area contributed by atoms with Gasteiger partial charge in [-0.25, -0.2) is 0 Å². The molecule has 53 heavy (non-hydrogen) atoms. The van der Waals surface area contributed by atoms with Crippen LogP contribution in [0.5, 0.6) is 34.5 Å². The topological polar surface area (TPSA) is 133 Å². The van der Waals surface area contributed by atoms with Crippen LogP contribution in [0.25, 0.3) is 0 Å². The number of ether oxygens (including phenoxy) is 6. The van der Waals surface area contributed by atoms with Gasteiger partial charge in [-0.1, -0.05) is 57.5 Å². The van der Waals surface area contributed by atoms with Gasteiger partial charge in [0.25, 0.3) is 0 Å². The first kappa shape index (κ1) is 39.2. The number of aliphatic hydroxyl groups excluding tert-OH is 1. The molecule has 0 spiro atoms. The molecule has 3 aliphatic rings. The van der Waals surface area contributed by atoms with E-state index in [2.05, 4.69) is 20.8 Å². The molecule has 0 amide bonds. The highest BCUT2D eigenvalue weighted by Gasteiger charge is 2.62. The first-order valence-electron chi connectivity index (χ1n) is 18.4. The van der Waals surface area contributed by atoms with Crippen LogP contribution in [0.15, 0.2) is 54.6 Å². The van der Waals surface area contributed by atoms with Gasteiger partial charge in [0.2, 0.25) is 17.8 Å². The lowest BCUT2D eigenvalue weighted by atomic mass is 9.75. The number of aromatic hydroxyl groups is 2. The number of phenols is 2. The molecular formula is C41H52O10S2. The molecule has 0 bridgehead atoms. The minimum Gasteiger partial charge on any atom is -0.504 e. The second-order valence-electron chi connectivity index (χ2n) is 14.6. The first-order chi connectivity index (χ1) is 25.5. The highest BCUT2D eigenvalue weighted by atomic mass is 32.2. The molecule has 3 aromatic carbocycles. The molecule has 0 radical (unpaired) electrons. The molecule has 10 nitrogen and oxygen atoms in total. The molecule has 12 heteroatoms. The zero-order chi connectivity index (χ0) is 37.9. The molecule has 3 aromatic rings. The van der Waals surface area contributed by atoms with E-state index in [0.29, 0.717) is 40.2 Å². The molecule has 3 fully saturated rings. The normalized spacial score (nSPS) is 26.2. The van der Waals surface area contributed by atoms with Gasteiger partial charge in [-0.15, -0.1) is 23.5 Å². The third-order valence-corrected chi connectivity index (χ3v) is 14.4. The van der Waals surface area contributed by atoms with Gasteiger partial charge in [-0.05, 0) is 83.9 Å². The van der Waals surface area contributed by atoms with E-state index in [1.807, 2.05) is 30.3 Å². The molecule has 2 saturated heterocycles. The van der Waals surface area contributed by atoms with Crippen molar-refractivity contribution in [1.82, 2.24) is 0 Å². The predicted molar refractivity (Wildman–Crippen MR) is 206 cm³/mol. The van der Waals surface area contributed by atoms with E-state index in [-0.39, 0.29) is 30.1 Å². The van der Waals surface area contributed by atoms with E-state index in [0.717, 1.165) is 42.8 Å². The average Bonchev–Trinajstić information content (AvgIpc) is 3.50. The molecule has 288 valence electrons. The SMILES string of the molecule is COc1cc([C@@H](O)[C@H]2C(=O)O[C@@H](OC3CC(C)CCC3C(C)C)[C@@H]2C2(c3ccc(O)c(O)c3OC)SCCCS2)cc(OC)c1OCc1ccccc1. The second-order valence-corrected chi connectivity index (χ2v) is 17.5. The van der Waals surface area contributed by atoms with Crippen LogP contribution in [0.4, 0.5) is 0 Å². The van der Waals surface area contributed by atoms with Gasteiger partial charge in [0.15, 0.2) is 23.0 Å². The van der Waals surface area contributed by atoms with Crippen LogP contribution in [0.3, 0.4) is 0 Å². The fourth-order valence-corrected chi connectivity index (χ4v) is 11.9. The minimum atomic E-state index is -1.38. The van der Waals surface area contributed by atoms with Crippen LogP contribution >= 0.6 is 23.5 Å². The van der Waals surface area contributed by atoms with Crippen molar-refractivity contribution in [2.45, 2.75) is 75.6 Å². The maximum Gasteiger partial charge on any atom is 0.314 e. The van der Waals surface area contributed by atoms with Crippen molar-refractivity contribution < 1.29 is 48.5 Å². The molecule has 2 heterocycles. The summed E-state index contributed by atoms with van der Waals surface area (Å²) < 4.78 is 35.8. The fraction of sp³-hybridized carbons (Fsp3) is 0.537. The van der Waals surface area contributed by atoms with Gasteiger partial charge >= 0.3 is 5.97 Å². The van der Waals surface area contributed by atoms with Crippen molar-refractivity contribution >= 4 is 29.5 Å². The Labute approximate surface area is 320 Å². The Morgan fingerprint density at radius 3 is 2.23 bits per heavy atom. The molecule has 1 saturated carbocycles. The Hall–Kier alpha value is -3.45. The molecule has 7 atom stereocenters. The molecule has 2 aliphatic heterocycles. The summed E-state index contributed by atoms with van der Waals surface area (Å²) in [6.45, 7) is 6.90. The lowest BCUT2D eigenvalue weighted by molar-refractivity contribution is -0.197. The standard InChI is InChI=1S/C41H52O10S2/c1-23(2)27-14-13-24(3)19-30(27)50-40-34(41(52-17-10-18-53-41)28-15-16-29(42)36(44)37(28)48-6)33(39(45)51-40)35(43)26-20-31(46-4)38(32(21-26)47-5)49-22-25-11-8-7-9-12-25/h7-9,11-12,15-16,20-21,23-24,27,30,33-35,40,42-44H,10,13-14,17-19,22H2,1-6H3/t24?,27?,30?,33-,34+,35+,40+/m0/s1.